The van der Waals surface area contributed by atoms with E-state index in [1.165, 1.54) is 5.38 Å². The molecule has 0 spiro atoms. The van der Waals surface area contributed by atoms with Crippen molar-refractivity contribution >= 4 is 17.3 Å². The summed E-state index contributed by atoms with van der Waals surface area (Å²) < 4.78 is 0. The number of aromatic carboxylic acids is 1. The van der Waals surface area contributed by atoms with Crippen LogP contribution >= 0.6 is 11.3 Å². The number of carbonyl (C=O) groups excluding carboxylic acids is 1. The summed E-state index contributed by atoms with van der Waals surface area (Å²) in [5.74, 6) is -1.44. The van der Waals surface area contributed by atoms with Crippen molar-refractivity contribution < 1.29 is 25.2 Å². The number of rotatable bonds is 4. The van der Waals surface area contributed by atoms with Gasteiger partial charge in [-0.2, -0.15) is 0 Å². The lowest BCUT2D eigenvalue weighted by Crippen LogP contribution is -2.24. The predicted molar refractivity (Wildman–Crippen MR) is 44.5 cm³/mol. The number of hydrogen-bond acceptors (Lipinski definition) is 7. The molecule has 0 aliphatic carbocycles. The number of aliphatic hydroxyl groups is 3. The molecule has 0 fully saturated rings. The molecule has 1 aromatic rings. The number of aromatic nitrogens is 1. The van der Waals surface area contributed by atoms with Gasteiger partial charge in [-0.3, -0.25) is 0 Å². The van der Waals surface area contributed by atoms with Gasteiger partial charge in [-0.15, -0.1) is 11.3 Å². The summed E-state index contributed by atoms with van der Waals surface area (Å²) in [7, 11) is 0. The zero-order chi connectivity index (χ0) is 10.7. The second-order valence-electron chi connectivity index (χ2n) is 2.56. The van der Waals surface area contributed by atoms with Gasteiger partial charge in [0.25, 0.3) is 0 Å². The molecular weight excluding hydrogens is 210 g/mol. The van der Waals surface area contributed by atoms with Crippen molar-refractivity contribution in [3.05, 3.63) is 16.1 Å². The Balaban J connectivity index is 2.81. The summed E-state index contributed by atoms with van der Waals surface area (Å²) in [6.07, 6.45) is -2.75. The lowest BCUT2D eigenvalue weighted by atomic mass is 10.2. The van der Waals surface area contributed by atoms with Crippen LogP contribution in [-0.2, 0) is 0 Å². The van der Waals surface area contributed by atoms with Crippen molar-refractivity contribution in [2.45, 2.75) is 12.2 Å². The molecule has 1 rings (SSSR count). The van der Waals surface area contributed by atoms with E-state index in [1.807, 2.05) is 0 Å². The van der Waals surface area contributed by atoms with Crippen molar-refractivity contribution in [2.24, 2.45) is 0 Å². The quantitative estimate of drug-likeness (QED) is 0.533. The van der Waals surface area contributed by atoms with Crippen molar-refractivity contribution in [3.8, 4) is 0 Å². The zero-order valence-electron chi connectivity index (χ0n) is 6.95. The number of carboxylic acid groups (broad SMARTS) is 1. The summed E-state index contributed by atoms with van der Waals surface area (Å²) in [5.41, 5.74) is 0.00995. The molecule has 0 bridgehead atoms. The predicted octanol–water partition coefficient (Wildman–Crippen LogP) is -2.11. The Labute approximate surface area is 83.1 Å². The van der Waals surface area contributed by atoms with Gasteiger partial charge in [0.15, 0.2) is 0 Å². The molecule has 14 heavy (non-hydrogen) atoms. The van der Waals surface area contributed by atoms with E-state index in [2.05, 4.69) is 4.98 Å². The monoisotopic (exact) mass is 218 g/mol. The highest BCUT2D eigenvalue weighted by atomic mass is 32.1. The summed E-state index contributed by atoms with van der Waals surface area (Å²) in [5, 5.41) is 38.2. The number of thiazole rings is 1. The number of nitrogens with zero attached hydrogens (tertiary/aromatic N) is 1. The molecule has 78 valence electrons. The second-order valence-corrected chi connectivity index (χ2v) is 3.42. The molecule has 0 radical (unpaired) electrons. The Morgan fingerprint density at radius 3 is 2.71 bits per heavy atom. The van der Waals surface area contributed by atoms with Gasteiger partial charge in [0.1, 0.15) is 23.2 Å². The molecule has 0 saturated heterocycles. The highest BCUT2D eigenvalue weighted by molar-refractivity contribution is 7.11. The summed E-state index contributed by atoms with van der Waals surface area (Å²) in [6, 6.07) is 0. The highest BCUT2D eigenvalue weighted by Gasteiger charge is 2.20. The Bertz CT molecular complexity index is 326. The first kappa shape index (κ1) is 11.1. The lowest BCUT2D eigenvalue weighted by Gasteiger charge is -2.12. The molecule has 1 aromatic heterocycles. The standard InChI is InChI=1S/C7H9NO5S/c9-1-4(10)5(11)3-2-14-6(8-3)7(12)13/h2,4-5,9-11H,1H2,(H,12,13)/p-1. The van der Waals surface area contributed by atoms with Gasteiger partial charge in [-0.1, -0.05) is 0 Å². The molecule has 3 N–H and O–H groups in total. The first-order chi connectivity index (χ1) is 6.56. The number of hydrogen-bond donors (Lipinski definition) is 3. The zero-order valence-corrected chi connectivity index (χ0v) is 7.77. The van der Waals surface area contributed by atoms with Gasteiger partial charge in [0, 0.05) is 5.38 Å². The Hall–Kier alpha value is -1.02. The van der Waals surface area contributed by atoms with E-state index >= 15 is 0 Å². The van der Waals surface area contributed by atoms with E-state index in [4.69, 9.17) is 10.2 Å². The van der Waals surface area contributed by atoms with Gasteiger partial charge in [-0.25, -0.2) is 4.98 Å². The summed E-state index contributed by atoms with van der Waals surface area (Å²) >= 11 is 0.788. The molecule has 0 aromatic carbocycles. The Morgan fingerprint density at radius 2 is 2.29 bits per heavy atom. The smallest absolute Gasteiger partial charge is 0.139 e. The summed E-state index contributed by atoms with van der Waals surface area (Å²) in [6.45, 7) is -0.626. The minimum atomic E-state index is -1.44. The fourth-order valence-electron chi connectivity index (χ4n) is 0.813. The molecule has 0 saturated carbocycles. The van der Waals surface area contributed by atoms with Crippen molar-refractivity contribution in [1.29, 1.82) is 0 Å². The average molecular weight is 218 g/mol. The molecule has 0 amide bonds. The van der Waals surface area contributed by atoms with E-state index in [0.717, 1.165) is 11.3 Å². The van der Waals surface area contributed by atoms with Crippen LogP contribution in [0.3, 0.4) is 0 Å². The van der Waals surface area contributed by atoms with Crippen LogP contribution in [0.15, 0.2) is 5.38 Å². The fraction of sp³-hybridized carbons (Fsp3) is 0.429. The third-order valence-corrected chi connectivity index (χ3v) is 2.39. The van der Waals surface area contributed by atoms with Crippen LogP contribution in [-0.4, -0.2) is 39.0 Å². The van der Waals surface area contributed by atoms with Gasteiger partial charge < -0.3 is 25.2 Å². The molecule has 6 nitrogen and oxygen atoms in total. The van der Waals surface area contributed by atoms with Gasteiger partial charge >= 0.3 is 0 Å². The normalized spacial score (nSPS) is 15.1. The van der Waals surface area contributed by atoms with Crippen LogP contribution in [0.5, 0.6) is 0 Å². The maximum absolute atomic E-state index is 10.3. The molecular formula is C7H8NO5S-. The maximum Gasteiger partial charge on any atom is 0.139 e. The molecule has 0 aliphatic heterocycles. The molecule has 2 unspecified atom stereocenters. The van der Waals surface area contributed by atoms with E-state index in [-0.39, 0.29) is 10.7 Å². The summed E-state index contributed by atoms with van der Waals surface area (Å²) in [4.78, 5) is 13.8. The number of carboxylic acids is 1. The van der Waals surface area contributed by atoms with Crippen LogP contribution in [0, 0.1) is 0 Å². The lowest BCUT2D eigenvalue weighted by molar-refractivity contribution is -0.255. The van der Waals surface area contributed by atoms with Crippen LogP contribution in [0.25, 0.3) is 0 Å². The number of aliphatic hydroxyl groups excluding tert-OH is 3. The largest absolute Gasteiger partial charge is 0.542 e. The maximum atomic E-state index is 10.3. The van der Waals surface area contributed by atoms with Crippen LogP contribution in [0.4, 0.5) is 0 Å². The topological polar surface area (TPSA) is 114 Å². The average Bonchev–Trinajstić information content (AvgIpc) is 2.64. The molecule has 0 aliphatic rings. The van der Waals surface area contributed by atoms with E-state index in [1.54, 1.807) is 0 Å². The molecule has 1 heterocycles. The Kier molecular flexibility index (Phi) is 3.53. The molecule has 7 heteroatoms. The SMILES string of the molecule is O=C([O-])c1nc(C(O)C(O)CO)cs1. The van der Waals surface area contributed by atoms with E-state index in [9.17, 15) is 15.0 Å². The first-order valence-electron chi connectivity index (χ1n) is 3.70. The van der Waals surface area contributed by atoms with Crippen LogP contribution in [0.2, 0.25) is 0 Å². The van der Waals surface area contributed by atoms with Crippen LogP contribution < -0.4 is 5.11 Å². The van der Waals surface area contributed by atoms with Crippen molar-refractivity contribution in [1.82, 2.24) is 4.98 Å². The third-order valence-electron chi connectivity index (χ3n) is 1.55. The second kappa shape index (κ2) is 4.47. The van der Waals surface area contributed by atoms with E-state index < -0.39 is 24.8 Å². The minimum Gasteiger partial charge on any atom is -0.542 e. The minimum absolute atomic E-state index is 0.00995. The van der Waals surface area contributed by atoms with Gasteiger partial charge in [0.2, 0.25) is 0 Å². The number of carbonyl (C=O) groups is 1. The van der Waals surface area contributed by atoms with Gasteiger partial charge in [0.05, 0.1) is 12.3 Å². The molecule has 2 atom stereocenters. The van der Waals surface area contributed by atoms with Crippen molar-refractivity contribution in [3.63, 3.8) is 0 Å². The highest BCUT2D eigenvalue weighted by Crippen LogP contribution is 2.19. The van der Waals surface area contributed by atoms with Crippen LogP contribution in [0.1, 0.15) is 21.6 Å². The van der Waals surface area contributed by atoms with E-state index in [0.29, 0.717) is 0 Å². The first-order valence-corrected chi connectivity index (χ1v) is 4.58. The third kappa shape index (κ3) is 2.26. The fourth-order valence-corrected chi connectivity index (χ4v) is 1.49. The van der Waals surface area contributed by atoms with Crippen molar-refractivity contribution in [2.75, 3.05) is 6.61 Å². The van der Waals surface area contributed by atoms with Gasteiger partial charge in [-0.05, 0) is 0 Å². The Morgan fingerprint density at radius 1 is 1.64 bits per heavy atom.